The van der Waals surface area contributed by atoms with Crippen LogP contribution >= 0.6 is 10.3 Å². The van der Waals surface area contributed by atoms with Gasteiger partial charge in [0, 0.05) is 14.7 Å². The third-order valence-corrected chi connectivity index (χ3v) is 8.74. The lowest BCUT2D eigenvalue weighted by atomic mass is 9.87. The molecular formula is C29H28O3S. The highest BCUT2D eigenvalue weighted by Crippen LogP contribution is 2.69. The van der Waals surface area contributed by atoms with Gasteiger partial charge >= 0.3 is 5.97 Å². The van der Waals surface area contributed by atoms with Crippen LogP contribution in [0.25, 0.3) is 0 Å². The molecule has 0 aliphatic rings. The van der Waals surface area contributed by atoms with E-state index in [1.165, 1.54) is 11.6 Å². The van der Waals surface area contributed by atoms with E-state index >= 15 is 0 Å². The van der Waals surface area contributed by atoms with Crippen LogP contribution in [0.5, 0.6) is 5.75 Å². The van der Waals surface area contributed by atoms with Gasteiger partial charge in [-0.3, -0.25) is 0 Å². The van der Waals surface area contributed by atoms with E-state index in [1.54, 1.807) is 18.2 Å². The van der Waals surface area contributed by atoms with Crippen LogP contribution in [0, 0.1) is 0 Å². The molecule has 4 heteroatoms. The molecule has 0 bridgehead atoms. The molecule has 0 aromatic heterocycles. The molecule has 4 rings (SSSR count). The molecule has 1 N–H and O–H groups in total. The van der Waals surface area contributed by atoms with Crippen molar-refractivity contribution in [3.63, 3.8) is 0 Å². The first-order valence-electron chi connectivity index (χ1n) is 10.9. The van der Waals surface area contributed by atoms with E-state index < -0.39 is 16.3 Å². The first-order valence-corrected chi connectivity index (χ1v) is 12.4. The number of carbonyl (C=O) groups excluding carboxylic acids is 1. The van der Waals surface area contributed by atoms with Crippen molar-refractivity contribution in [1.29, 1.82) is 0 Å². The zero-order valence-corrected chi connectivity index (χ0v) is 19.9. The molecule has 0 spiro atoms. The average Bonchev–Trinajstić information content (AvgIpc) is 2.83. The number of phenolic OH excluding ortho intramolecular Hbond substituents is 1. The molecule has 168 valence electrons. The molecule has 4 aromatic rings. The lowest BCUT2D eigenvalue weighted by Crippen LogP contribution is -2.15. The second-order valence-electron chi connectivity index (χ2n) is 8.84. The van der Waals surface area contributed by atoms with Gasteiger partial charge in [0.05, 0.1) is 0 Å². The number of aromatic hydroxyl groups is 1. The van der Waals surface area contributed by atoms with E-state index in [4.69, 9.17) is 4.18 Å². The van der Waals surface area contributed by atoms with Crippen molar-refractivity contribution in [3.05, 3.63) is 120 Å². The molecule has 3 nitrogen and oxygen atoms in total. The maximum Gasteiger partial charge on any atom is 0.353 e. The molecule has 0 aliphatic heterocycles. The zero-order chi connectivity index (χ0) is 23.5. The molecular weight excluding hydrogens is 428 g/mol. The molecule has 0 unspecified atom stereocenters. The van der Waals surface area contributed by atoms with Crippen molar-refractivity contribution in [1.82, 2.24) is 0 Å². The number of para-hydroxylation sites is 1. The molecule has 0 amide bonds. The van der Waals surface area contributed by atoms with Crippen LogP contribution in [-0.2, 0) is 9.60 Å². The first kappa shape index (κ1) is 22.7. The second-order valence-corrected chi connectivity index (χ2v) is 11.5. The van der Waals surface area contributed by atoms with E-state index in [0.717, 1.165) is 14.7 Å². The summed E-state index contributed by atoms with van der Waals surface area (Å²) in [5.74, 6) is -0.657. The van der Waals surface area contributed by atoms with Crippen molar-refractivity contribution in [3.8, 4) is 5.75 Å². The van der Waals surface area contributed by atoms with Crippen molar-refractivity contribution < 1.29 is 14.1 Å². The molecule has 0 saturated carbocycles. The van der Waals surface area contributed by atoms with Crippen LogP contribution in [0.3, 0.4) is 0 Å². The predicted octanol–water partition coefficient (Wildman–Crippen LogP) is 7.74. The maximum atomic E-state index is 13.5. The number of carbonyl (C=O) groups is 1. The van der Waals surface area contributed by atoms with Gasteiger partial charge < -0.3 is 9.29 Å². The van der Waals surface area contributed by atoms with Crippen LogP contribution in [0.1, 0.15) is 36.7 Å². The Balaban J connectivity index is 1.95. The minimum absolute atomic E-state index is 0.00250. The second kappa shape index (κ2) is 9.16. The van der Waals surface area contributed by atoms with E-state index in [-0.39, 0.29) is 16.7 Å². The van der Waals surface area contributed by atoms with Crippen LogP contribution in [0.15, 0.2) is 124 Å². The average molecular weight is 457 g/mol. The summed E-state index contributed by atoms with van der Waals surface area (Å²) in [6.07, 6.45) is 0. The highest BCUT2D eigenvalue weighted by Gasteiger charge is 2.36. The maximum absolute atomic E-state index is 13.5. The summed E-state index contributed by atoms with van der Waals surface area (Å²) in [5.41, 5.74) is 1.35. The Kier molecular flexibility index (Phi) is 6.30. The number of phenols is 1. The van der Waals surface area contributed by atoms with Gasteiger partial charge in [0.25, 0.3) is 0 Å². The lowest BCUT2D eigenvalue weighted by molar-refractivity contribution is 0.0754. The molecule has 0 aliphatic carbocycles. The van der Waals surface area contributed by atoms with Crippen molar-refractivity contribution in [2.75, 3.05) is 0 Å². The quantitative estimate of drug-likeness (QED) is 0.334. The van der Waals surface area contributed by atoms with E-state index in [1.807, 2.05) is 60.7 Å². The summed E-state index contributed by atoms with van der Waals surface area (Å²) in [4.78, 5) is 16.2. The molecule has 0 fully saturated rings. The lowest BCUT2D eigenvalue weighted by Gasteiger charge is -2.40. The van der Waals surface area contributed by atoms with Gasteiger partial charge in [-0.25, -0.2) is 4.79 Å². The topological polar surface area (TPSA) is 46.5 Å². The Labute approximate surface area is 197 Å². The minimum atomic E-state index is -2.42. The first-order chi connectivity index (χ1) is 15.8. The summed E-state index contributed by atoms with van der Waals surface area (Å²) >= 11 is 0. The highest BCUT2D eigenvalue weighted by atomic mass is 32.3. The molecule has 0 heterocycles. The smallest absolute Gasteiger partial charge is 0.353 e. The Bertz CT molecular complexity index is 1190. The molecule has 33 heavy (non-hydrogen) atoms. The number of hydrogen-bond acceptors (Lipinski definition) is 3. The standard InChI is InChI=1S/C29H28O3S/c1-29(2,3)22-18-20-25(21-19-22)33(23-12-6-4-7-13-23,24-14-8-5-9-15-24)32-28(31)26-16-10-11-17-27(26)30/h4-21,30H,1-3H3. The van der Waals surface area contributed by atoms with E-state index in [2.05, 4.69) is 45.0 Å². The van der Waals surface area contributed by atoms with E-state index in [0.29, 0.717) is 0 Å². The number of benzene rings is 4. The Hall–Kier alpha value is -3.50. The minimum Gasteiger partial charge on any atom is -0.507 e. The van der Waals surface area contributed by atoms with E-state index in [9.17, 15) is 9.90 Å². The highest BCUT2D eigenvalue weighted by molar-refractivity contribution is 8.30. The van der Waals surface area contributed by atoms with Crippen molar-refractivity contribution in [2.24, 2.45) is 0 Å². The summed E-state index contributed by atoms with van der Waals surface area (Å²) in [5, 5.41) is 10.3. The van der Waals surface area contributed by atoms with Crippen LogP contribution < -0.4 is 0 Å². The SMILES string of the molecule is CC(C)(C)c1ccc(S(OC(=O)c2ccccc2O)(c2ccccc2)c2ccccc2)cc1. The molecule has 0 saturated heterocycles. The zero-order valence-electron chi connectivity index (χ0n) is 19.1. The summed E-state index contributed by atoms with van der Waals surface area (Å²) < 4.78 is 6.47. The fraction of sp³-hybridized carbons (Fsp3) is 0.138. The van der Waals surface area contributed by atoms with Crippen LogP contribution in [0.2, 0.25) is 0 Å². The van der Waals surface area contributed by atoms with Crippen LogP contribution in [-0.4, -0.2) is 11.1 Å². The third-order valence-electron chi connectivity index (χ3n) is 5.53. The number of rotatable bonds is 5. The van der Waals surface area contributed by atoms with Gasteiger partial charge in [-0.05, 0) is 69.8 Å². The largest absolute Gasteiger partial charge is 0.507 e. The third kappa shape index (κ3) is 4.53. The van der Waals surface area contributed by atoms with Crippen molar-refractivity contribution >= 4 is 16.3 Å². The summed E-state index contributed by atoms with van der Waals surface area (Å²) in [6, 6.07) is 34.5. The van der Waals surface area contributed by atoms with Gasteiger partial charge in [-0.2, -0.15) is 0 Å². The fourth-order valence-corrected chi connectivity index (χ4v) is 6.75. The fourth-order valence-electron chi connectivity index (χ4n) is 3.73. The van der Waals surface area contributed by atoms with Crippen molar-refractivity contribution in [2.45, 2.75) is 40.9 Å². The Morgan fingerprint density at radius 2 is 1.12 bits per heavy atom. The normalized spacial score (nSPS) is 12.2. The van der Waals surface area contributed by atoms with Crippen LogP contribution in [0.4, 0.5) is 0 Å². The van der Waals surface area contributed by atoms with Gasteiger partial charge in [0.2, 0.25) is 0 Å². The predicted molar refractivity (Wildman–Crippen MR) is 134 cm³/mol. The Morgan fingerprint density at radius 1 is 0.667 bits per heavy atom. The molecule has 4 aromatic carbocycles. The monoisotopic (exact) mass is 456 g/mol. The van der Waals surface area contributed by atoms with Gasteiger partial charge in [-0.1, -0.05) is 81.4 Å². The number of hydrogen-bond donors (Lipinski definition) is 1. The van der Waals surface area contributed by atoms with Gasteiger partial charge in [0.1, 0.15) is 11.3 Å². The summed E-state index contributed by atoms with van der Waals surface area (Å²) in [7, 11) is -2.42. The van der Waals surface area contributed by atoms with Gasteiger partial charge in [0.15, 0.2) is 0 Å². The Morgan fingerprint density at radius 3 is 1.61 bits per heavy atom. The molecule has 0 radical (unpaired) electrons. The van der Waals surface area contributed by atoms with Gasteiger partial charge in [-0.15, -0.1) is 0 Å². The summed E-state index contributed by atoms with van der Waals surface area (Å²) in [6.45, 7) is 6.53. The molecule has 0 atom stereocenters.